The highest BCUT2D eigenvalue weighted by molar-refractivity contribution is 5.28. The van der Waals surface area contributed by atoms with Crippen LogP contribution in [0.4, 0.5) is 13.2 Å². The molecule has 0 aliphatic rings. The van der Waals surface area contributed by atoms with Gasteiger partial charge in [0.1, 0.15) is 6.04 Å². The van der Waals surface area contributed by atoms with Gasteiger partial charge in [-0.05, 0) is 11.1 Å². The number of benzene rings is 2. The number of hydrogen-bond acceptors (Lipinski definition) is 2. The number of nitrogens with zero attached hydrogens (tertiary/aromatic N) is 1. The van der Waals surface area contributed by atoms with E-state index in [-0.39, 0.29) is 6.54 Å². The van der Waals surface area contributed by atoms with E-state index in [1.165, 1.54) is 5.92 Å². The van der Waals surface area contributed by atoms with E-state index in [1.54, 1.807) is 54.6 Å². The molecule has 2 rings (SSSR count). The van der Waals surface area contributed by atoms with Gasteiger partial charge in [-0.3, -0.25) is 0 Å². The minimum absolute atomic E-state index is 0.0763. The summed E-state index contributed by atoms with van der Waals surface area (Å²) in [7, 11) is 0. The predicted molar refractivity (Wildman–Crippen MR) is 76.8 cm³/mol. The number of rotatable bonds is 4. The van der Waals surface area contributed by atoms with E-state index in [1.807, 2.05) is 6.07 Å². The van der Waals surface area contributed by atoms with Crippen molar-refractivity contribution < 1.29 is 18.4 Å². The molecule has 0 heterocycles. The van der Waals surface area contributed by atoms with Gasteiger partial charge in [0.15, 0.2) is 0 Å². The Morgan fingerprint density at radius 3 is 2.05 bits per heavy atom. The van der Waals surface area contributed by atoms with Crippen molar-refractivity contribution in [2.24, 2.45) is 0 Å². The van der Waals surface area contributed by atoms with Crippen LogP contribution in [0.1, 0.15) is 17.2 Å². The molecule has 1 unspecified atom stereocenters. The molecule has 0 fully saturated rings. The van der Waals surface area contributed by atoms with Gasteiger partial charge in [0.2, 0.25) is 0 Å². The topological polar surface area (TPSA) is 23.5 Å². The van der Waals surface area contributed by atoms with Gasteiger partial charge in [0.25, 0.3) is 0 Å². The van der Waals surface area contributed by atoms with Crippen LogP contribution in [-0.2, 0) is 6.54 Å². The molecule has 0 radical (unpaired) electrons. The van der Waals surface area contributed by atoms with E-state index in [9.17, 15) is 18.4 Å². The monoisotopic (exact) mass is 305 g/mol. The lowest BCUT2D eigenvalue weighted by Crippen LogP contribution is -2.24. The summed E-state index contributed by atoms with van der Waals surface area (Å²) in [6, 6.07) is 16.3. The molecule has 2 aromatic carbocycles. The van der Waals surface area contributed by atoms with Crippen LogP contribution in [-0.4, -0.2) is 16.4 Å². The minimum Gasteiger partial charge on any atom is -0.312 e. The Bertz CT molecular complexity index is 644. The van der Waals surface area contributed by atoms with Crippen LogP contribution < -0.4 is 0 Å². The van der Waals surface area contributed by atoms with Crippen molar-refractivity contribution in [2.75, 3.05) is 0 Å². The minimum atomic E-state index is -4.60. The lowest BCUT2D eigenvalue weighted by molar-refractivity contribution is -0.121. The van der Waals surface area contributed by atoms with Gasteiger partial charge in [0.05, 0.1) is 6.54 Å². The fourth-order valence-corrected chi connectivity index (χ4v) is 1.98. The molecule has 2 aromatic rings. The fourth-order valence-electron chi connectivity index (χ4n) is 1.98. The second kappa shape index (κ2) is 7.12. The van der Waals surface area contributed by atoms with Crippen molar-refractivity contribution in [1.82, 2.24) is 5.06 Å². The molecule has 0 aromatic heterocycles. The zero-order valence-electron chi connectivity index (χ0n) is 11.6. The van der Waals surface area contributed by atoms with Crippen molar-refractivity contribution >= 4 is 0 Å². The summed E-state index contributed by atoms with van der Waals surface area (Å²) in [5.74, 6) is 3.33. The first kappa shape index (κ1) is 16.1. The third-order valence-corrected chi connectivity index (χ3v) is 2.95. The van der Waals surface area contributed by atoms with Gasteiger partial charge >= 0.3 is 6.18 Å². The molecule has 0 saturated carbocycles. The standard InChI is InChI=1S/C17H14F3NO/c18-17(19,20)12-11-16(15-9-5-2-6-10-15)21(22)13-14-7-3-1-4-8-14/h1-10,16,22H,13H2. The number of halogens is 3. The molecular formula is C17H14F3NO. The summed E-state index contributed by atoms with van der Waals surface area (Å²) in [6.07, 6.45) is -4.60. The van der Waals surface area contributed by atoms with Crippen LogP contribution in [0.25, 0.3) is 0 Å². The molecule has 114 valence electrons. The van der Waals surface area contributed by atoms with E-state index in [4.69, 9.17) is 0 Å². The smallest absolute Gasteiger partial charge is 0.312 e. The highest BCUT2D eigenvalue weighted by atomic mass is 19.4. The van der Waals surface area contributed by atoms with E-state index in [2.05, 4.69) is 5.92 Å². The average molecular weight is 305 g/mol. The molecule has 0 amide bonds. The fraction of sp³-hybridized carbons (Fsp3) is 0.176. The van der Waals surface area contributed by atoms with Crippen LogP contribution in [0.15, 0.2) is 60.7 Å². The molecule has 0 bridgehead atoms. The van der Waals surface area contributed by atoms with Gasteiger partial charge in [-0.2, -0.15) is 18.2 Å². The second-order valence-corrected chi connectivity index (χ2v) is 4.66. The van der Waals surface area contributed by atoms with E-state index in [0.717, 1.165) is 10.6 Å². The van der Waals surface area contributed by atoms with Crippen molar-refractivity contribution in [2.45, 2.75) is 18.8 Å². The van der Waals surface area contributed by atoms with Gasteiger partial charge in [-0.25, -0.2) is 0 Å². The molecule has 1 N–H and O–H groups in total. The van der Waals surface area contributed by atoms with Crippen molar-refractivity contribution in [3.8, 4) is 11.8 Å². The quantitative estimate of drug-likeness (QED) is 0.676. The van der Waals surface area contributed by atoms with Gasteiger partial charge in [-0.1, -0.05) is 66.6 Å². The Morgan fingerprint density at radius 1 is 0.955 bits per heavy atom. The van der Waals surface area contributed by atoms with E-state index >= 15 is 0 Å². The molecule has 0 aliphatic heterocycles. The zero-order chi connectivity index (χ0) is 16.0. The molecule has 0 saturated heterocycles. The Labute approximate surface area is 126 Å². The van der Waals surface area contributed by atoms with Crippen LogP contribution in [0.2, 0.25) is 0 Å². The number of hydroxylamine groups is 2. The summed E-state index contributed by atoms with van der Waals surface area (Å²) in [5, 5.41) is 11.0. The molecule has 22 heavy (non-hydrogen) atoms. The Morgan fingerprint density at radius 2 is 1.50 bits per heavy atom. The summed E-state index contributed by atoms with van der Waals surface area (Å²) in [6.45, 7) is 0.0763. The summed E-state index contributed by atoms with van der Waals surface area (Å²) < 4.78 is 37.0. The molecule has 5 heteroatoms. The second-order valence-electron chi connectivity index (χ2n) is 4.66. The third-order valence-electron chi connectivity index (χ3n) is 2.95. The predicted octanol–water partition coefficient (Wildman–Crippen LogP) is 4.18. The summed E-state index contributed by atoms with van der Waals surface area (Å²) in [4.78, 5) is 0. The maximum Gasteiger partial charge on any atom is 0.457 e. The third kappa shape index (κ3) is 4.92. The van der Waals surface area contributed by atoms with E-state index < -0.39 is 12.2 Å². The van der Waals surface area contributed by atoms with Crippen molar-refractivity contribution in [3.05, 3.63) is 71.8 Å². The number of alkyl halides is 3. The van der Waals surface area contributed by atoms with Crippen molar-refractivity contribution in [3.63, 3.8) is 0 Å². The van der Waals surface area contributed by atoms with Crippen LogP contribution in [0.3, 0.4) is 0 Å². The normalized spacial score (nSPS) is 12.6. The van der Waals surface area contributed by atoms with Crippen LogP contribution in [0, 0.1) is 11.8 Å². The van der Waals surface area contributed by atoms with Crippen molar-refractivity contribution in [1.29, 1.82) is 0 Å². The Hall–Kier alpha value is -2.29. The molecule has 0 aliphatic carbocycles. The molecular weight excluding hydrogens is 291 g/mol. The average Bonchev–Trinajstić information content (AvgIpc) is 2.48. The highest BCUT2D eigenvalue weighted by Crippen LogP contribution is 2.22. The Kier molecular flexibility index (Phi) is 5.21. The largest absolute Gasteiger partial charge is 0.457 e. The van der Waals surface area contributed by atoms with Crippen LogP contribution >= 0.6 is 0 Å². The van der Waals surface area contributed by atoms with Crippen LogP contribution in [0.5, 0.6) is 0 Å². The molecule has 2 nitrogen and oxygen atoms in total. The summed E-state index contributed by atoms with van der Waals surface area (Å²) in [5.41, 5.74) is 1.28. The van der Waals surface area contributed by atoms with Gasteiger partial charge in [-0.15, -0.1) is 0 Å². The highest BCUT2D eigenvalue weighted by Gasteiger charge is 2.25. The first-order valence-corrected chi connectivity index (χ1v) is 6.59. The van der Waals surface area contributed by atoms with Gasteiger partial charge < -0.3 is 5.21 Å². The van der Waals surface area contributed by atoms with E-state index in [0.29, 0.717) is 5.56 Å². The zero-order valence-corrected chi connectivity index (χ0v) is 11.6. The molecule has 0 spiro atoms. The lowest BCUT2D eigenvalue weighted by atomic mass is 10.1. The lowest BCUT2D eigenvalue weighted by Gasteiger charge is -2.22. The first-order valence-electron chi connectivity index (χ1n) is 6.59. The maximum absolute atomic E-state index is 12.3. The summed E-state index contributed by atoms with van der Waals surface area (Å²) >= 11 is 0. The molecule has 1 atom stereocenters. The Balaban J connectivity index is 2.25. The SMILES string of the molecule is ON(Cc1ccccc1)C(C#CC(F)(F)F)c1ccccc1. The first-order chi connectivity index (χ1) is 10.5. The van der Waals surface area contributed by atoms with Gasteiger partial charge in [0, 0.05) is 5.92 Å². The maximum atomic E-state index is 12.3. The number of hydrogen-bond donors (Lipinski definition) is 1.